The van der Waals surface area contributed by atoms with Crippen LogP contribution in [-0.2, 0) is 10.8 Å². The minimum atomic E-state index is -1.02. The van der Waals surface area contributed by atoms with E-state index in [9.17, 15) is 4.21 Å². The van der Waals surface area contributed by atoms with E-state index in [1.54, 1.807) is 0 Å². The van der Waals surface area contributed by atoms with Crippen LogP contribution in [0.3, 0.4) is 0 Å². The highest BCUT2D eigenvalue weighted by Gasteiger charge is 2.30. The maximum absolute atomic E-state index is 12.9. The van der Waals surface area contributed by atoms with Gasteiger partial charge < -0.3 is 15.2 Å². The summed E-state index contributed by atoms with van der Waals surface area (Å²) in [6.07, 6.45) is 5.33. The summed E-state index contributed by atoms with van der Waals surface area (Å²) in [4.78, 5) is 0.838. The molecule has 0 amide bonds. The zero-order chi connectivity index (χ0) is 14.7. The molecule has 3 rings (SSSR count). The third-order valence-electron chi connectivity index (χ3n) is 4.37. The smallest absolute Gasteiger partial charge is 0.162 e. The number of nitrogens with two attached hydrogens (primary N) is 1. The summed E-state index contributed by atoms with van der Waals surface area (Å²) in [5, 5.41) is 0.175. The number of fused-ring (bicyclic) bond motifs is 1. The van der Waals surface area contributed by atoms with E-state index in [0.717, 1.165) is 42.1 Å². The van der Waals surface area contributed by atoms with Crippen molar-refractivity contribution in [2.75, 3.05) is 19.8 Å². The molecular formula is C16H23NO3S. The molecule has 21 heavy (non-hydrogen) atoms. The molecule has 0 spiro atoms. The summed E-state index contributed by atoms with van der Waals surface area (Å²) in [7, 11) is -1.02. The summed E-state index contributed by atoms with van der Waals surface area (Å²) >= 11 is 0. The summed E-state index contributed by atoms with van der Waals surface area (Å²) in [6.45, 7) is 1.95. The Morgan fingerprint density at radius 1 is 1.10 bits per heavy atom. The first-order valence-electron chi connectivity index (χ1n) is 7.80. The molecule has 1 aromatic carbocycles. The predicted molar refractivity (Wildman–Crippen MR) is 83.3 cm³/mol. The van der Waals surface area contributed by atoms with Gasteiger partial charge in [0.05, 0.1) is 24.0 Å². The highest BCUT2D eigenvalue weighted by Crippen LogP contribution is 2.35. The molecule has 0 bridgehead atoms. The average molecular weight is 309 g/mol. The molecule has 3 unspecified atom stereocenters. The van der Waals surface area contributed by atoms with Gasteiger partial charge in [0, 0.05) is 22.6 Å². The minimum absolute atomic E-state index is 0.175. The van der Waals surface area contributed by atoms with E-state index in [2.05, 4.69) is 0 Å². The molecule has 0 radical (unpaired) electrons. The molecule has 1 aliphatic heterocycles. The Balaban J connectivity index is 1.82. The Bertz CT molecular complexity index is 520. The van der Waals surface area contributed by atoms with Gasteiger partial charge in [0.2, 0.25) is 0 Å². The van der Waals surface area contributed by atoms with Crippen LogP contribution in [0.4, 0.5) is 0 Å². The SMILES string of the molecule is NCC1CCCCC1S(=O)c1ccc2c(c1)OCCCO2. The van der Waals surface area contributed by atoms with Gasteiger partial charge in [-0.05, 0) is 37.4 Å². The average Bonchev–Trinajstić information content (AvgIpc) is 2.78. The lowest BCUT2D eigenvalue weighted by atomic mass is 9.89. The molecule has 1 heterocycles. The lowest BCUT2D eigenvalue weighted by Gasteiger charge is -2.30. The molecule has 2 N–H and O–H groups in total. The van der Waals surface area contributed by atoms with Gasteiger partial charge in [0.25, 0.3) is 0 Å². The van der Waals surface area contributed by atoms with Crippen molar-refractivity contribution < 1.29 is 13.7 Å². The Kier molecular flexibility index (Phi) is 4.80. The Labute approximate surface area is 128 Å². The summed E-state index contributed by atoms with van der Waals surface area (Å²) in [5.41, 5.74) is 5.86. The van der Waals surface area contributed by atoms with Crippen molar-refractivity contribution in [2.45, 2.75) is 42.2 Å². The van der Waals surface area contributed by atoms with Gasteiger partial charge >= 0.3 is 0 Å². The van der Waals surface area contributed by atoms with Gasteiger partial charge in [-0.3, -0.25) is 4.21 Å². The lowest BCUT2D eigenvalue weighted by Crippen LogP contribution is -2.34. The van der Waals surface area contributed by atoms with Gasteiger partial charge in [-0.2, -0.15) is 0 Å². The molecule has 1 saturated carbocycles. The molecule has 0 saturated heterocycles. The van der Waals surface area contributed by atoms with Crippen LogP contribution >= 0.6 is 0 Å². The molecule has 0 aromatic heterocycles. The van der Waals surface area contributed by atoms with Crippen LogP contribution in [-0.4, -0.2) is 29.2 Å². The van der Waals surface area contributed by atoms with Crippen molar-refractivity contribution in [3.63, 3.8) is 0 Å². The van der Waals surface area contributed by atoms with Gasteiger partial charge in [0.15, 0.2) is 11.5 Å². The van der Waals surface area contributed by atoms with E-state index in [4.69, 9.17) is 15.2 Å². The molecule has 1 aliphatic carbocycles. The first-order chi connectivity index (χ1) is 10.3. The summed E-state index contributed by atoms with van der Waals surface area (Å²) < 4.78 is 24.2. The molecule has 5 heteroatoms. The van der Waals surface area contributed by atoms with Crippen LogP contribution in [0.15, 0.2) is 23.1 Å². The molecule has 116 valence electrons. The van der Waals surface area contributed by atoms with Crippen LogP contribution in [0.2, 0.25) is 0 Å². The number of benzene rings is 1. The first-order valence-corrected chi connectivity index (χ1v) is 9.01. The van der Waals surface area contributed by atoms with Crippen molar-refractivity contribution in [2.24, 2.45) is 11.7 Å². The van der Waals surface area contributed by atoms with Gasteiger partial charge in [-0.15, -0.1) is 0 Å². The minimum Gasteiger partial charge on any atom is -0.490 e. The fraction of sp³-hybridized carbons (Fsp3) is 0.625. The topological polar surface area (TPSA) is 61.6 Å². The molecule has 3 atom stereocenters. The fourth-order valence-electron chi connectivity index (χ4n) is 3.17. The van der Waals surface area contributed by atoms with Crippen molar-refractivity contribution in [1.29, 1.82) is 0 Å². The zero-order valence-electron chi connectivity index (χ0n) is 12.3. The number of rotatable bonds is 3. The van der Waals surface area contributed by atoms with Gasteiger partial charge in [-0.25, -0.2) is 0 Å². The fourth-order valence-corrected chi connectivity index (χ4v) is 4.92. The number of hydrogen-bond acceptors (Lipinski definition) is 4. The second-order valence-electron chi connectivity index (χ2n) is 5.78. The van der Waals surface area contributed by atoms with Crippen LogP contribution in [0.25, 0.3) is 0 Å². The lowest BCUT2D eigenvalue weighted by molar-refractivity contribution is 0.297. The maximum atomic E-state index is 12.9. The van der Waals surface area contributed by atoms with Gasteiger partial charge in [-0.1, -0.05) is 12.8 Å². The van der Waals surface area contributed by atoms with Crippen molar-refractivity contribution >= 4 is 10.8 Å². The van der Waals surface area contributed by atoms with Crippen molar-refractivity contribution in [1.82, 2.24) is 0 Å². The number of hydrogen-bond donors (Lipinski definition) is 1. The first kappa shape index (κ1) is 14.9. The maximum Gasteiger partial charge on any atom is 0.162 e. The summed E-state index contributed by atoms with van der Waals surface area (Å²) in [5.74, 6) is 1.85. The Morgan fingerprint density at radius 2 is 1.86 bits per heavy atom. The second kappa shape index (κ2) is 6.79. The molecule has 1 aromatic rings. The third-order valence-corrected chi connectivity index (χ3v) is 6.26. The van der Waals surface area contributed by atoms with E-state index >= 15 is 0 Å². The number of ether oxygens (including phenoxy) is 2. The summed E-state index contributed by atoms with van der Waals surface area (Å²) in [6, 6.07) is 5.68. The highest BCUT2D eigenvalue weighted by atomic mass is 32.2. The molecule has 1 fully saturated rings. The largest absolute Gasteiger partial charge is 0.490 e. The van der Waals surface area contributed by atoms with Gasteiger partial charge in [0.1, 0.15) is 0 Å². The molecular weight excluding hydrogens is 286 g/mol. The highest BCUT2D eigenvalue weighted by molar-refractivity contribution is 7.85. The van der Waals surface area contributed by atoms with E-state index in [1.807, 2.05) is 18.2 Å². The van der Waals surface area contributed by atoms with Crippen LogP contribution in [0, 0.1) is 5.92 Å². The molecule has 2 aliphatic rings. The van der Waals surface area contributed by atoms with E-state index in [0.29, 0.717) is 25.7 Å². The molecule has 4 nitrogen and oxygen atoms in total. The standard InChI is InChI=1S/C16H23NO3S/c17-11-12-4-1-2-5-16(12)21(18)13-6-7-14-15(10-13)20-9-3-8-19-14/h6-7,10,12,16H,1-5,8-9,11,17H2. The van der Waals surface area contributed by atoms with Crippen molar-refractivity contribution in [3.8, 4) is 11.5 Å². The van der Waals surface area contributed by atoms with E-state index in [-0.39, 0.29) is 5.25 Å². The predicted octanol–water partition coefficient (Wildman–Crippen LogP) is 2.47. The normalized spacial score (nSPS) is 26.9. The van der Waals surface area contributed by atoms with Crippen LogP contribution < -0.4 is 15.2 Å². The van der Waals surface area contributed by atoms with Crippen LogP contribution in [0.5, 0.6) is 11.5 Å². The third kappa shape index (κ3) is 3.24. The Hall–Kier alpha value is -1.07. The van der Waals surface area contributed by atoms with Crippen LogP contribution in [0.1, 0.15) is 32.1 Å². The Morgan fingerprint density at radius 3 is 2.67 bits per heavy atom. The quantitative estimate of drug-likeness (QED) is 0.932. The van der Waals surface area contributed by atoms with Crippen molar-refractivity contribution in [3.05, 3.63) is 18.2 Å². The zero-order valence-corrected chi connectivity index (χ0v) is 13.1. The monoisotopic (exact) mass is 309 g/mol. The second-order valence-corrected chi connectivity index (χ2v) is 7.45. The van der Waals surface area contributed by atoms with E-state index < -0.39 is 10.8 Å². The van der Waals surface area contributed by atoms with E-state index in [1.165, 1.54) is 6.42 Å².